The molecule has 4 heteroatoms. The largest absolute Gasteiger partial charge is 0.462 e. The summed E-state index contributed by atoms with van der Waals surface area (Å²) in [4.78, 5) is 15.6. The highest BCUT2D eigenvalue weighted by atomic mass is 16.5. The average molecular weight is 234 g/mol. The van der Waals surface area contributed by atoms with Crippen LogP contribution < -0.4 is 5.32 Å². The maximum Gasteiger partial charge on any atom is 0.339 e. The molecular formula is C13H18N2O2. The summed E-state index contributed by atoms with van der Waals surface area (Å²) in [5.41, 5.74) is 0.501. The van der Waals surface area contributed by atoms with Gasteiger partial charge in [0.05, 0.1) is 12.2 Å². The SMILES string of the molecule is CCOC(=O)c1ccc(NCC2CCC2)nc1. The molecule has 0 aliphatic heterocycles. The van der Waals surface area contributed by atoms with E-state index in [1.165, 1.54) is 19.3 Å². The van der Waals surface area contributed by atoms with Crippen LogP contribution in [-0.4, -0.2) is 24.1 Å². The standard InChI is InChI=1S/C13H18N2O2/c1-2-17-13(16)11-6-7-12(15-9-11)14-8-10-4-3-5-10/h6-7,9-10H,2-5,8H2,1H3,(H,14,15). The van der Waals surface area contributed by atoms with Crippen molar-refractivity contribution in [3.63, 3.8) is 0 Å². The molecule has 0 unspecified atom stereocenters. The van der Waals surface area contributed by atoms with Gasteiger partial charge in [-0.1, -0.05) is 6.42 Å². The second kappa shape index (κ2) is 5.66. The molecule has 17 heavy (non-hydrogen) atoms. The van der Waals surface area contributed by atoms with Crippen LogP contribution in [0.15, 0.2) is 18.3 Å². The number of aromatic nitrogens is 1. The van der Waals surface area contributed by atoms with E-state index < -0.39 is 0 Å². The Morgan fingerprint density at radius 3 is 2.88 bits per heavy atom. The van der Waals surface area contributed by atoms with Gasteiger partial charge >= 0.3 is 5.97 Å². The lowest BCUT2D eigenvalue weighted by atomic mass is 9.85. The smallest absolute Gasteiger partial charge is 0.339 e. The van der Waals surface area contributed by atoms with Gasteiger partial charge in [0.2, 0.25) is 0 Å². The van der Waals surface area contributed by atoms with Crippen LogP contribution in [0.3, 0.4) is 0 Å². The summed E-state index contributed by atoms with van der Waals surface area (Å²) >= 11 is 0. The molecule has 0 spiro atoms. The Morgan fingerprint density at radius 2 is 2.35 bits per heavy atom. The van der Waals surface area contributed by atoms with Gasteiger partial charge in [0.15, 0.2) is 0 Å². The van der Waals surface area contributed by atoms with Crippen molar-refractivity contribution >= 4 is 11.8 Å². The fourth-order valence-electron chi connectivity index (χ4n) is 1.78. The predicted molar refractivity (Wildman–Crippen MR) is 66.0 cm³/mol. The Balaban J connectivity index is 1.85. The van der Waals surface area contributed by atoms with Gasteiger partial charge in [0, 0.05) is 12.7 Å². The molecule has 0 radical (unpaired) electrons. The van der Waals surface area contributed by atoms with Crippen molar-refractivity contribution in [2.75, 3.05) is 18.5 Å². The maximum atomic E-state index is 11.4. The van der Waals surface area contributed by atoms with Gasteiger partial charge in [-0.25, -0.2) is 9.78 Å². The highest BCUT2D eigenvalue weighted by Crippen LogP contribution is 2.26. The lowest BCUT2D eigenvalue weighted by Gasteiger charge is -2.25. The second-order valence-corrected chi connectivity index (χ2v) is 4.33. The first kappa shape index (κ1) is 11.9. The van der Waals surface area contributed by atoms with Crippen molar-refractivity contribution in [1.82, 2.24) is 4.98 Å². The maximum absolute atomic E-state index is 11.4. The average Bonchev–Trinajstić information content (AvgIpc) is 2.28. The van der Waals surface area contributed by atoms with Gasteiger partial charge in [-0.3, -0.25) is 0 Å². The Bertz CT molecular complexity index is 372. The predicted octanol–water partition coefficient (Wildman–Crippen LogP) is 2.47. The van der Waals surface area contributed by atoms with E-state index in [2.05, 4.69) is 10.3 Å². The van der Waals surface area contributed by atoms with Crippen LogP contribution in [0.1, 0.15) is 36.5 Å². The minimum atomic E-state index is -0.314. The molecule has 1 aromatic heterocycles. The fraction of sp³-hybridized carbons (Fsp3) is 0.538. The molecule has 0 aromatic carbocycles. The van der Waals surface area contributed by atoms with Gasteiger partial charge in [-0.2, -0.15) is 0 Å². The number of hydrogen-bond donors (Lipinski definition) is 1. The first-order valence-electron chi connectivity index (χ1n) is 6.16. The summed E-state index contributed by atoms with van der Waals surface area (Å²) in [6, 6.07) is 3.57. The van der Waals surface area contributed by atoms with Crippen molar-refractivity contribution in [2.24, 2.45) is 5.92 Å². The third kappa shape index (κ3) is 3.19. The summed E-state index contributed by atoms with van der Waals surface area (Å²) in [6.45, 7) is 3.16. The summed E-state index contributed by atoms with van der Waals surface area (Å²) in [5, 5.41) is 3.28. The van der Waals surface area contributed by atoms with Crippen molar-refractivity contribution in [3.05, 3.63) is 23.9 Å². The first-order chi connectivity index (χ1) is 8.29. The molecule has 2 rings (SSSR count). The molecule has 1 aliphatic rings. The number of hydrogen-bond acceptors (Lipinski definition) is 4. The van der Waals surface area contributed by atoms with Crippen LogP contribution in [-0.2, 0) is 4.74 Å². The zero-order chi connectivity index (χ0) is 12.1. The van der Waals surface area contributed by atoms with Gasteiger partial charge in [-0.05, 0) is 37.8 Å². The lowest BCUT2D eigenvalue weighted by Crippen LogP contribution is -2.21. The van der Waals surface area contributed by atoms with E-state index in [1.54, 1.807) is 19.2 Å². The molecule has 0 saturated heterocycles. The number of nitrogens with one attached hydrogen (secondary N) is 1. The molecule has 4 nitrogen and oxygen atoms in total. The molecule has 0 amide bonds. The number of rotatable bonds is 5. The first-order valence-corrected chi connectivity index (χ1v) is 6.16. The number of esters is 1. The molecule has 1 aromatic rings. The Kier molecular flexibility index (Phi) is 3.96. The van der Waals surface area contributed by atoms with Gasteiger partial charge in [-0.15, -0.1) is 0 Å². The lowest BCUT2D eigenvalue weighted by molar-refractivity contribution is 0.0526. The Morgan fingerprint density at radius 1 is 1.53 bits per heavy atom. The molecule has 1 fully saturated rings. The second-order valence-electron chi connectivity index (χ2n) is 4.33. The molecule has 92 valence electrons. The van der Waals surface area contributed by atoms with Gasteiger partial charge in [0.25, 0.3) is 0 Å². The van der Waals surface area contributed by atoms with Crippen molar-refractivity contribution in [3.8, 4) is 0 Å². The Hall–Kier alpha value is -1.58. The van der Waals surface area contributed by atoms with Crippen LogP contribution in [0.5, 0.6) is 0 Å². The summed E-state index contributed by atoms with van der Waals surface area (Å²) in [6.07, 6.45) is 5.53. The number of carbonyl (C=O) groups is 1. The summed E-state index contributed by atoms with van der Waals surface area (Å²) in [7, 11) is 0. The third-order valence-corrected chi connectivity index (χ3v) is 3.07. The summed E-state index contributed by atoms with van der Waals surface area (Å²) in [5.74, 6) is 1.30. The van der Waals surface area contributed by atoms with Crippen LogP contribution in [0.2, 0.25) is 0 Å². The number of ether oxygens (including phenoxy) is 1. The minimum absolute atomic E-state index is 0.314. The number of pyridine rings is 1. The fourth-order valence-corrected chi connectivity index (χ4v) is 1.78. The van der Waals surface area contributed by atoms with Crippen molar-refractivity contribution < 1.29 is 9.53 Å². The molecule has 1 heterocycles. The zero-order valence-corrected chi connectivity index (χ0v) is 10.1. The van der Waals surface area contributed by atoms with Crippen LogP contribution in [0.25, 0.3) is 0 Å². The molecular weight excluding hydrogens is 216 g/mol. The van der Waals surface area contributed by atoms with Crippen LogP contribution in [0.4, 0.5) is 5.82 Å². The van der Waals surface area contributed by atoms with E-state index in [1.807, 2.05) is 6.07 Å². The van der Waals surface area contributed by atoms with Crippen LogP contribution >= 0.6 is 0 Å². The molecule has 1 N–H and O–H groups in total. The quantitative estimate of drug-likeness (QED) is 0.795. The van der Waals surface area contributed by atoms with E-state index in [4.69, 9.17) is 4.74 Å². The topological polar surface area (TPSA) is 51.2 Å². The monoisotopic (exact) mass is 234 g/mol. The Labute approximate surface area is 101 Å². The van der Waals surface area contributed by atoms with E-state index in [0.717, 1.165) is 18.3 Å². The van der Waals surface area contributed by atoms with E-state index in [-0.39, 0.29) is 5.97 Å². The molecule has 0 bridgehead atoms. The van der Waals surface area contributed by atoms with Crippen LogP contribution in [0, 0.1) is 5.92 Å². The van der Waals surface area contributed by atoms with E-state index >= 15 is 0 Å². The van der Waals surface area contributed by atoms with Gasteiger partial charge < -0.3 is 10.1 Å². The van der Waals surface area contributed by atoms with Gasteiger partial charge in [0.1, 0.15) is 5.82 Å². The highest BCUT2D eigenvalue weighted by Gasteiger charge is 2.16. The number of anilines is 1. The van der Waals surface area contributed by atoms with E-state index in [9.17, 15) is 4.79 Å². The molecule has 1 saturated carbocycles. The summed E-state index contributed by atoms with van der Waals surface area (Å²) < 4.78 is 4.89. The van der Waals surface area contributed by atoms with Crippen molar-refractivity contribution in [2.45, 2.75) is 26.2 Å². The highest BCUT2D eigenvalue weighted by molar-refractivity contribution is 5.89. The van der Waals surface area contributed by atoms with Crippen molar-refractivity contribution in [1.29, 1.82) is 0 Å². The molecule has 1 aliphatic carbocycles. The number of nitrogens with zero attached hydrogens (tertiary/aromatic N) is 1. The normalized spacial score (nSPS) is 15.1. The zero-order valence-electron chi connectivity index (χ0n) is 10.1. The molecule has 0 atom stereocenters. The number of carbonyl (C=O) groups excluding carboxylic acids is 1. The minimum Gasteiger partial charge on any atom is -0.462 e. The third-order valence-electron chi connectivity index (χ3n) is 3.07. The van der Waals surface area contributed by atoms with E-state index in [0.29, 0.717) is 12.2 Å².